The lowest BCUT2D eigenvalue weighted by atomic mass is 10.2. The zero-order valence-electron chi connectivity index (χ0n) is 17.2. The summed E-state index contributed by atoms with van der Waals surface area (Å²) in [7, 11) is 3.42. The number of methoxy groups -OCH3 is 1. The van der Waals surface area contributed by atoms with Gasteiger partial charge in [-0.15, -0.1) is 0 Å². The van der Waals surface area contributed by atoms with Gasteiger partial charge in [-0.25, -0.2) is 4.98 Å². The van der Waals surface area contributed by atoms with Crippen LogP contribution < -0.4 is 10.9 Å². The molecule has 0 aliphatic heterocycles. The summed E-state index contributed by atoms with van der Waals surface area (Å²) >= 11 is 1.25. The average molecular weight is 416 g/mol. The molecule has 1 amide bonds. The standard InChI is InChI=1S/C20H25N5O3S/c1-12-17(13(2)24(4)23-12)22-18(26)14(3)29-20-21-16-9-7-6-8-15(16)19(27)25(20)10-11-28-5/h6-9,14H,10-11H2,1-5H3,(H,22,26)/t14-/m0/s1. The van der Waals surface area contributed by atoms with Crippen LogP contribution in [0.3, 0.4) is 0 Å². The van der Waals surface area contributed by atoms with Crippen molar-refractivity contribution in [3.63, 3.8) is 0 Å². The molecule has 1 atom stereocenters. The Balaban J connectivity index is 1.89. The minimum absolute atomic E-state index is 0.137. The van der Waals surface area contributed by atoms with Crippen LogP contribution in [0.4, 0.5) is 5.69 Å². The summed E-state index contributed by atoms with van der Waals surface area (Å²) in [5.74, 6) is -0.171. The number of hydrogen-bond donors (Lipinski definition) is 1. The highest BCUT2D eigenvalue weighted by molar-refractivity contribution is 8.00. The first-order chi connectivity index (χ1) is 13.8. The Kier molecular flexibility index (Phi) is 6.39. The molecule has 0 saturated carbocycles. The number of fused-ring (bicyclic) bond motifs is 1. The fraction of sp³-hybridized carbons (Fsp3) is 0.400. The van der Waals surface area contributed by atoms with Crippen LogP contribution in [0.5, 0.6) is 0 Å². The molecule has 0 aliphatic rings. The second kappa shape index (κ2) is 8.79. The number of rotatable bonds is 7. The Morgan fingerprint density at radius 1 is 1.31 bits per heavy atom. The number of ether oxygens (including phenoxy) is 1. The number of carbonyl (C=O) groups excluding carboxylic acids is 1. The Morgan fingerprint density at radius 3 is 2.69 bits per heavy atom. The molecule has 0 radical (unpaired) electrons. The summed E-state index contributed by atoms with van der Waals surface area (Å²) in [6.07, 6.45) is 0. The van der Waals surface area contributed by atoms with Gasteiger partial charge in [-0.2, -0.15) is 5.10 Å². The molecule has 1 N–H and O–H groups in total. The zero-order chi connectivity index (χ0) is 21.1. The van der Waals surface area contributed by atoms with Crippen molar-refractivity contribution in [2.75, 3.05) is 19.0 Å². The molecular formula is C20H25N5O3S. The van der Waals surface area contributed by atoms with Crippen molar-refractivity contribution in [3.05, 3.63) is 46.0 Å². The molecule has 8 nitrogen and oxygen atoms in total. The van der Waals surface area contributed by atoms with Gasteiger partial charge in [-0.3, -0.25) is 18.8 Å². The molecule has 154 valence electrons. The Labute approximate surface area is 173 Å². The molecule has 2 heterocycles. The molecular weight excluding hydrogens is 390 g/mol. The summed E-state index contributed by atoms with van der Waals surface area (Å²) < 4.78 is 8.45. The van der Waals surface area contributed by atoms with Gasteiger partial charge in [-0.1, -0.05) is 23.9 Å². The molecule has 0 unspecified atom stereocenters. The van der Waals surface area contributed by atoms with E-state index in [1.807, 2.05) is 33.0 Å². The molecule has 0 fully saturated rings. The molecule has 9 heteroatoms. The summed E-state index contributed by atoms with van der Waals surface area (Å²) in [4.78, 5) is 30.4. The van der Waals surface area contributed by atoms with Crippen molar-refractivity contribution in [1.29, 1.82) is 0 Å². The van der Waals surface area contributed by atoms with Crippen LogP contribution in [0.25, 0.3) is 10.9 Å². The maximum Gasteiger partial charge on any atom is 0.262 e. The number of nitrogens with zero attached hydrogens (tertiary/aromatic N) is 4. The van der Waals surface area contributed by atoms with Gasteiger partial charge in [0.2, 0.25) is 5.91 Å². The van der Waals surface area contributed by atoms with Gasteiger partial charge in [0.05, 0.1) is 46.4 Å². The number of thioether (sulfide) groups is 1. The first-order valence-electron chi connectivity index (χ1n) is 9.29. The fourth-order valence-electron chi connectivity index (χ4n) is 3.01. The van der Waals surface area contributed by atoms with Crippen LogP contribution >= 0.6 is 11.8 Å². The molecule has 2 aromatic heterocycles. The van der Waals surface area contributed by atoms with E-state index in [4.69, 9.17) is 4.74 Å². The minimum atomic E-state index is -0.462. The minimum Gasteiger partial charge on any atom is -0.383 e. The highest BCUT2D eigenvalue weighted by Crippen LogP contribution is 2.25. The van der Waals surface area contributed by atoms with Gasteiger partial charge in [0.1, 0.15) is 0 Å². The van der Waals surface area contributed by atoms with Gasteiger partial charge < -0.3 is 10.1 Å². The number of anilines is 1. The van der Waals surface area contributed by atoms with Crippen LogP contribution in [0.2, 0.25) is 0 Å². The highest BCUT2D eigenvalue weighted by atomic mass is 32.2. The third-order valence-corrected chi connectivity index (χ3v) is 5.84. The number of hydrogen-bond acceptors (Lipinski definition) is 6. The predicted octanol–water partition coefficient (Wildman–Crippen LogP) is 2.51. The summed E-state index contributed by atoms with van der Waals surface area (Å²) in [5, 5.41) is 7.85. The molecule has 0 bridgehead atoms. The first kappa shape index (κ1) is 21.1. The van der Waals surface area contributed by atoms with E-state index in [1.165, 1.54) is 11.8 Å². The number of aromatic nitrogens is 4. The number of benzene rings is 1. The maximum absolute atomic E-state index is 12.9. The van der Waals surface area contributed by atoms with E-state index in [-0.39, 0.29) is 11.5 Å². The van der Waals surface area contributed by atoms with Gasteiger partial charge in [-0.05, 0) is 32.9 Å². The largest absolute Gasteiger partial charge is 0.383 e. The van der Waals surface area contributed by atoms with Crippen LogP contribution in [0.1, 0.15) is 18.3 Å². The van der Waals surface area contributed by atoms with Crippen molar-refractivity contribution < 1.29 is 9.53 Å². The lowest BCUT2D eigenvalue weighted by molar-refractivity contribution is -0.115. The van der Waals surface area contributed by atoms with Crippen molar-refractivity contribution >= 4 is 34.3 Å². The van der Waals surface area contributed by atoms with E-state index in [2.05, 4.69) is 15.4 Å². The van der Waals surface area contributed by atoms with Crippen LogP contribution in [0.15, 0.2) is 34.2 Å². The van der Waals surface area contributed by atoms with Crippen molar-refractivity contribution in [1.82, 2.24) is 19.3 Å². The predicted molar refractivity (Wildman–Crippen MR) is 115 cm³/mol. The van der Waals surface area contributed by atoms with E-state index in [9.17, 15) is 9.59 Å². The third kappa shape index (κ3) is 4.35. The summed E-state index contributed by atoms with van der Waals surface area (Å²) in [6.45, 7) is 6.30. The molecule has 3 aromatic rings. The van der Waals surface area contributed by atoms with Crippen molar-refractivity contribution in [2.24, 2.45) is 7.05 Å². The SMILES string of the molecule is COCCn1c(S[C@@H](C)C(=O)Nc2c(C)nn(C)c2C)nc2ccccc2c1=O. The number of nitrogens with one attached hydrogen (secondary N) is 1. The van der Waals surface area contributed by atoms with Gasteiger partial charge >= 0.3 is 0 Å². The first-order valence-corrected chi connectivity index (χ1v) is 10.2. The summed E-state index contributed by atoms with van der Waals surface area (Å²) in [6, 6.07) is 7.21. The lowest BCUT2D eigenvalue weighted by Crippen LogP contribution is -2.28. The molecule has 29 heavy (non-hydrogen) atoms. The van der Waals surface area contributed by atoms with Gasteiger partial charge in [0, 0.05) is 14.2 Å². The van der Waals surface area contributed by atoms with Gasteiger partial charge in [0.25, 0.3) is 5.56 Å². The molecule has 3 rings (SSSR count). The Morgan fingerprint density at radius 2 is 2.03 bits per heavy atom. The van der Waals surface area contributed by atoms with E-state index in [1.54, 1.807) is 35.4 Å². The normalized spacial score (nSPS) is 12.3. The number of amides is 1. The second-order valence-corrected chi connectivity index (χ2v) is 8.09. The monoisotopic (exact) mass is 415 g/mol. The molecule has 0 aliphatic carbocycles. The van der Waals surface area contributed by atoms with Crippen molar-refractivity contribution in [2.45, 2.75) is 37.7 Å². The van der Waals surface area contributed by atoms with Crippen LogP contribution in [0, 0.1) is 13.8 Å². The topological polar surface area (TPSA) is 91.0 Å². The van der Waals surface area contributed by atoms with Crippen molar-refractivity contribution in [3.8, 4) is 0 Å². The number of aryl methyl sites for hydroxylation is 2. The maximum atomic E-state index is 12.9. The van der Waals surface area contributed by atoms with E-state index < -0.39 is 5.25 Å². The summed E-state index contributed by atoms with van der Waals surface area (Å²) in [5.41, 5.74) is 2.83. The third-order valence-electron chi connectivity index (χ3n) is 4.75. The number of carbonyl (C=O) groups is 1. The zero-order valence-corrected chi connectivity index (χ0v) is 18.0. The Bertz CT molecular complexity index is 1110. The van der Waals surface area contributed by atoms with Crippen LogP contribution in [-0.2, 0) is 23.1 Å². The second-order valence-electron chi connectivity index (χ2n) is 6.78. The quantitative estimate of drug-likeness (QED) is 0.471. The van der Waals surface area contributed by atoms with E-state index >= 15 is 0 Å². The van der Waals surface area contributed by atoms with E-state index in [0.717, 1.165) is 11.4 Å². The lowest BCUT2D eigenvalue weighted by Gasteiger charge is -2.16. The average Bonchev–Trinajstić information content (AvgIpc) is 2.93. The smallest absolute Gasteiger partial charge is 0.262 e. The highest BCUT2D eigenvalue weighted by Gasteiger charge is 2.21. The van der Waals surface area contributed by atoms with Gasteiger partial charge in [0.15, 0.2) is 5.16 Å². The fourth-order valence-corrected chi connectivity index (χ4v) is 3.94. The van der Waals surface area contributed by atoms with E-state index in [0.29, 0.717) is 34.9 Å². The Hall–Kier alpha value is -2.65. The molecule has 0 saturated heterocycles. The molecule has 1 aromatic carbocycles. The number of para-hydroxylation sites is 1. The molecule has 0 spiro atoms. The van der Waals surface area contributed by atoms with Crippen LogP contribution in [-0.4, -0.2) is 44.2 Å².